The summed E-state index contributed by atoms with van der Waals surface area (Å²) in [6.07, 6.45) is 1.38. The molecule has 2 aromatic carbocycles. The number of barbiturate groups is 1. The van der Waals surface area contributed by atoms with Gasteiger partial charge < -0.3 is 9.47 Å². The van der Waals surface area contributed by atoms with Crippen LogP contribution in [0.3, 0.4) is 0 Å². The lowest BCUT2D eigenvalue weighted by atomic mass is 10.1. The maximum Gasteiger partial charge on any atom is 0.335 e. The van der Waals surface area contributed by atoms with E-state index in [0.29, 0.717) is 27.2 Å². The number of anilines is 1. The van der Waals surface area contributed by atoms with Crippen LogP contribution in [0.25, 0.3) is 6.08 Å². The highest BCUT2D eigenvalue weighted by atomic mass is 79.9. The van der Waals surface area contributed by atoms with Crippen LogP contribution < -0.4 is 19.7 Å². The molecule has 2 aromatic rings. The number of nitrogens with one attached hydrogen (secondary N) is 1. The van der Waals surface area contributed by atoms with Crippen molar-refractivity contribution in [2.24, 2.45) is 0 Å². The van der Waals surface area contributed by atoms with E-state index in [1.54, 1.807) is 42.5 Å². The summed E-state index contributed by atoms with van der Waals surface area (Å²) in [6, 6.07) is 11.0. The fraction of sp³-hybridized carbons (Fsp3) is 0.190. The molecule has 1 aliphatic heterocycles. The summed E-state index contributed by atoms with van der Waals surface area (Å²) in [5, 5.41) is 2.20. The van der Waals surface area contributed by atoms with Crippen LogP contribution in [-0.2, 0) is 9.59 Å². The average molecular weight is 459 g/mol. The minimum atomic E-state index is -0.798. The molecule has 0 aliphatic carbocycles. The molecular formula is C21H19BrN2O5. The van der Waals surface area contributed by atoms with E-state index in [9.17, 15) is 14.4 Å². The first-order valence-electron chi connectivity index (χ1n) is 8.82. The van der Waals surface area contributed by atoms with Gasteiger partial charge in [0.2, 0.25) is 0 Å². The van der Waals surface area contributed by atoms with E-state index in [4.69, 9.17) is 9.47 Å². The smallest absolute Gasteiger partial charge is 0.335 e. The van der Waals surface area contributed by atoms with Gasteiger partial charge in [0.1, 0.15) is 5.57 Å². The van der Waals surface area contributed by atoms with Crippen molar-refractivity contribution in [1.82, 2.24) is 5.32 Å². The molecular weight excluding hydrogens is 440 g/mol. The third-order valence-corrected chi connectivity index (χ3v) is 4.52. The number of imide groups is 2. The van der Waals surface area contributed by atoms with Crippen LogP contribution in [0.2, 0.25) is 0 Å². The SMILES string of the molecule is COc1cc(C=C2C(=O)NC(=O)N(c3cccc(Br)c3)C2=O)ccc1OC(C)C. The van der Waals surface area contributed by atoms with E-state index in [-0.39, 0.29) is 11.7 Å². The van der Waals surface area contributed by atoms with Crippen LogP contribution in [0.4, 0.5) is 10.5 Å². The van der Waals surface area contributed by atoms with Crippen molar-refractivity contribution in [3.8, 4) is 11.5 Å². The highest BCUT2D eigenvalue weighted by Crippen LogP contribution is 2.31. The molecule has 0 spiro atoms. The highest BCUT2D eigenvalue weighted by molar-refractivity contribution is 9.10. The first-order chi connectivity index (χ1) is 13.8. The molecule has 0 bridgehead atoms. The number of amides is 4. The van der Waals surface area contributed by atoms with Crippen molar-refractivity contribution in [3.63, 3.8) is 0 Å². The molecule has 0 aromatic heterocycles. The van der Waals surface area contributed by atoms with E-state index in [2.05, 4.69) is 21.2 Å². The predicted molar refractivity (Wildman–Crippen MR) is 112 cm³/mol. The number of hydrogen-bond acceptors (Lipinski definition) is 5. The number of methoxy groups -OCH3 is 1. The van der Waals surface area contributed by atoms with Gasteiger partial charge >= 0.3 is 6.03 Å². The summed E-state index contributed by atoms with van der Waals surface area (Å²) in [6.45, 7) is 3.79. The van der Waals surface area contributed by atoms with Crippen LogP contribution in [0.1, 0.15) is 19.4 Å². The van der Waals surface area contributed by atoms with Crippen molar-refractivity contribution in [2.45, 2.75) is 20.0 Å². The number of rotatable bonds is 5. The first-order valence-corrected chi connectivity index (χ1v) is 9.61. The molecule has 8 heteroatoms. The third kappa shape index (κ3) is 4.48. The number of urea groups is 1. The Morgan fingerprint density at radius 1 is 1.07 bits per heavy atom. The lowest BCUT2D eigenvalue weighted by molar-refractivity contribution is -0.122. The molecule has 1 saturated heterocycles. The number of nitrogens with zero attached hydrogens (tertiary/aromatic N) is 1. The summed E-state index contributed by atoms with van der Waals surface area (Å²) < 4.78 is 11.7. The maximum atomic E-state index is 12.9. The number of benzene rings is 2. The molecule has 0 saturated carbocycles. The zero-order valence-corrected chi connectivity index (χ0v) is 17.6. The van der Waals surface area contributed by atoms with Gasteiger partial charge in [-0.1, -0.05) is 28.1 Å². The van der Waals surface area contributed by atoms with Gasteiger partial charge in [-0.15, -0.1) is 0 Å². The predicted octanol–water partition coefficient (Wildman–Crippen LogP) is 3.91. The molecule has 1 N–H and O–H groups in total. The van der Waals surface area contributed by atoms with Crippen LogP contribution >= 0.6 is 15.9 Å². The molecule has 1 fully saturated rings. The molecule has 0 unspecified atom stereocenters. The van der Waals surface area contributed by atoms with E-state index in [0.717, 1.165) is 4.90 Å². The summed E-state index contributed by atoms with van der Waals surface area (Å²) in [5.41, 5.74) is 0.739. The van der Waals surface area contributed by atoms with Crippen LogP contribution in [0, 0.1) is 0 Å². The van der Waals surface area contributed by atoms with Gasteiger partial charge in [0.05, 0.1) is 18.9 Å². The van der Waals surface area contributed by atoms with E-state index in [1.165, 1.54) is 13.2 Å². The Kier molecular flexibility index (Phi) is 6.03. The molecule has 29 heavy (non-hydrogen) atoms. The van der Waals surface area contributed by atoms with Gasteiger partial charge in [-0.3, -0.25) is 14.9 Å². The Bertz CT molecular complexity index is 1020. The second-order valence-electron chi connectivity index (χ2n) is 6.51. The third-order valence-electron chi connectivity index (χ3n) is 4.03. The maximum absolute atomic E-state index is 12.9. The van der Waals surface area contributed by atoms with Crippen LogP contribution in [0.5, 0.6) is 11.5 Å². The lowest BCUT2D eigenvalue weighted by Gasteiger charge is -2.26. The lowest BCUT2D eigenvalue weighted by Crippen LogP contribution is -2.54. The van der Waals surface area contributed by atoms with E-state index >= 15 is 0 Å². The number of hydrogen-bond donors (Lipinski definition) is 1. The first kappa shape index (κ1) is 20.6. The summed E-state index contributed by atoms with van der Waals surface area (Å²) in [5.74, 6) is -0.447. The number of carbonyl (C=O) groups excluding carboxylic acids is 3. The number of carbonyl (C=O) groups is 3. The number of halogens is 1. The Balaban J connectivity index is 1.98. The Morgan fingerprint density at radius 3 is 2.48 bits per heavy atom. The molecule has 1 heterocycles. The minimum Gasteiger partial charge on any atom is -0.493 e. The monoisotopic (exact) mass is 458 g/mol. The van der Waals surface area contributed by atoms with Gasteiger partial charge in [-0.2, -0.15) is 0 Å². The fourth-order valence-electron chi connectivity index (χ4n) is 2.80. The molecule has 150 valence electrons. The van der Waals surface area contributed by atoms with Gasteiger partial charge in [-0.25, -0.2) is 9.69 Å². The summed E-state index contributed by atoms with van der Waals surface area (Å²) in [4.78, 5) is 38.4. The second kappa shape index (κ2) is 8.48. The normalized spacial score (nSPS) is 15.7. The van der Waals surface area contributed by atoms with Crippen molar-refractivity contribution < 1.29 is 23.9 Å². The average Bonchev–Trinajstić information content (AvgIpc) is 2.65. The standard InChI is InChI=1S/C21H19BrN2O5/c1-12(2)29-17-8-7-13(10-18(17)28-3)9-16-19(25)23-21(27)24(20(16)26)15-6-4-5-14(22)11-15/h4-12H,1-3H3,(H,23,25,27). The van der Waals surface area contributed by atoms with Gasteiger partial charge in [0.15, 0.2) is 11.5 Å². The van der Waals surface area contributed by atoms with Gasteiger partial charge in [0.25, 0.3) is 11.8 Å². The molecule has 7 nitrogen and oxygen atoms in total. The van der Waals surface area contributed by atoms with Crippen LogP contribution in [0.15, 0.2) is 52.5 Å². The number of ether oxygens (including phenoxy) is 2. The quantitative estimate of drug-likeness (QED) is 0.542. The fourth-order valence-corrected chi connectivity index (χ4v) is 3.19. The molecule has 0 atom stereocenters. The molecule has 3 rings (SSSR count). The van der Waals surface area contributed by atoms with Gasteiger partial charge in [-0.05, 0) is 55.8 Å². The molecule has 4 amide bonds. The zero-order chi connectivity index (χ0) is 21.1. The largest absolute Gasteiger partial charge is 0.493 e. The second-order valence-corrected chi connectivity index (χ2v) is 7.43. The van der Waals surface area contributed by atoms with Crippen molar-refractivity contribution in [2.75, 3.05) is 12.0 Å². The van der Waals surface area contributed by atoms with E-state index < -0.39 is 17.8 Å². The van der Waals surface area contributed by atoms with Crippen molar-refractivity contribution >= 4 is 45.5 Å². The minimum absolute atomic E-state index is 0.0384. The topological polar surface area (TPSA) is 84.9 Å². The highest BCUT2D eigenvalue weighted by Gasteiger charge is 2.36. The molecule has 0 radical (unpaired) electrons. The molecule has 1 aliphatic rings. The summed E-state index contributed by atoms with van der Waals surface area (Å²) in [7, 11) is 1.51. The Hall–Kier alpha value is -3.13. The van der Waals surface area contributed by atoms with Crippen molar-refractivity contribution in [3.05, 3.63) is 58.1 Å². The van der Waals surface area contributed by atoms with Crippen LogP contribution in [-0.4, -0.2) is 31.1 Å². The van der Waals surface area contributed by atoms with Gasteiger partial charge in [0, 0.05) is 4.47 Å². The Labute approximate surface area is 176 Å². The van der Waals surface area contributed by atoms with Crippen molar-refractivity contribution in [1.29, 1.82) is 0 Å². The Morgan fingerprint density at radius 2 is 1.83 bits per heavy atom. The zero-order valence-electron chi connectivity index (χ0n) is 16.1. The van der Waals surface area contributed by atoms with E-state index in [1.807, 2.05) is 13.8 Å². The summed E-state index contributed by atoms with van der Waals surface area (Å²) >= 11 is 3.31.